The number of allylic oxidation sites excluding steroid dienone is 1. The SMILES string of the molecule is CCCCCC(=CC(=O)OCC)c1cccnc1Oc1ccccc1. The molecule has 0 atom stereocenters. The molecule has 2 aromatic rings. The summed E-state index contributed by atoms with van der Waals surface area (Å²) >= 11 is 0. The van der Waals surface area contributed by atoms with Crippen molar-refractivity contribution in [2.24, 2.45) is 0 Å². The number of carbonyl (C=O) groups is 1. The van der Waals surface area contributed by atoms with Crippen molar-refractivity contribution < 1.29 is 14.3 Å². The van der Waals surface area contributed by atoms with Crippen LogP contribution < -0.4 is 4.74 Å². The van der Waals surface area contributed by atoms with Gasteiger partial charge in [-0.15, -0.1) is 0 Å². The van der Waals surface area contributed by atoms with E-state index in [4.69, 9.17) is 9.47 Å². The number of benzene rings is 1. The molecule has 0 radical (unpaired) electrons. The fourth-order valence-corrected chi connectivity index (χ4v) is 2.49. The second kappa shape index (κ2) is 10.3. The molecule has 0 amide bonds. The lowest BCUT2D eigenvalue weighted by Gasteiger charge is -2.13. The van der Waals surface area contributed by atoms with Gasteiger partial charge in [-0.1, -0.05) is 38.0 Å². The summed E-state index contributed by atoms with van der Waals surface area (Å²) in [4.78, 5) is 16.3. The lowest BCUT2D eigenvalue weighted by Crippen LogP contribution is -2.02. The lowest BCUT2D eigenvalue weighted by molar-refractivity contribution is -0.137. The number of hydrogen-bond acceptors (Lipinski definition) is 4. The van der Waals surface area contributed by atoms with Gasteiger partial charge in [-0.05, 0) is 49.6 Å². The molecule has 4 nitrogen and oxygen atoms in total. The molecule has 0 saturated heterocycles. The Hall–Kier alpha value is -2.62. The fraction of sp³-hybridized carbons (Fsp3) is 0.333. The topological polar surface area (TPSA) is 48.4 Å². The molecule has 1 aromatic carbocycles. The molecule has 0 aliphatic heterocycles. The molecule has 0 bridgehead atoms. The molecule has 25 heavy (non-hydrogen) atoms. The van der Waals surface area contributed by atoms with Crippen molar-refractivity contribution in [1.82, 2.24) is 4.98 Å². The van der Waals surface area contributed by atoms with Crippen molar-refractivity contribution >= 4 is 11.5 Å². The van der Waals surface area contributed by atoms with Gasteiger partial charge in [0.15, 0.2) is 0 Å². The number of esters is 1. The number of carbonyl (C=O) groups excluding carboxylic acids is 1. The second-order valence-electron chi connectivity index (χ2n) is 5.65. The van der Waals surface area contributed by atoms with Gasteiger partial charge in [0.2, 0.25) is 5.88 Å². The van der Waals surface area contributed by atoms with Crippen LogP contribution in [0.2, 0.25) is 0 Å². The largest absolute Gasteiger partial charge is 0.463 e. The average molecular weight is 339 g/mol. The Kier molecular flexibility index (Phi) is 7.70. The smallest absolute Gasteiger partial charge is 0.331 e. The van der Waals surface area contributed by atoms with Gasteiger partial charge in [-0.25, -0.2) is 9.78 Å². The van der Waals surface area contributed by atoms with Gasteiger partial charge in [0.1, 0.15) is 5.75 Å². The highest BCUT2D eigenvalue weighted by Crippen LogP contribution is 2.31. The van der Waals surface area contributed by atoms with E-state index in [0.29, 0.717) is 18.2 Å². The van der Waals surface area contributed by atoms with Crippen LogP contribution >= 0.6 is 0 Å². The van der Waals surface area contributed by atoms with Gasteiger partial charge in [0.05, 0.1) is 6.61 Å². The third kappa shape index (κ3) is 6.07. The minimum absolute atomic E-state index is 0.330. The lowest BCUT2D eigenvalue weighted by atomic mass is 10.00. The Bertz CT molecular complexity index is 695. The fourth-order valence-electron chi connectivity index (χ4n) is 2.49. The zero-order valence-corrected chi connectivity index (χ0v) is 14.9. The van der Waals surface area contributed by atoms with Crippen molar-refractivity contribution in [2.75, 3.05) is 6.61 Å². The highest BCUT2D eigenvalue weighted by atomic mass is 16.5. The molecule has 0 aliphatic carbocycles. The summed E-state index contributed by atoms with van der Waals surface area (Å²) in [6.07, 6.45) is 7.26. The van der Waals surface area contributed by atoms with E-state index in [9.17, 15) is 4.79 Å². The minimum atomic E-state index is -0.330. The maximum Gasteiger partial charge on any atom is 0.331 e. The van der Waals surface area contributed by atoms with Gasteiger partial charge >= 0.3 is 5.97 Å². The Morgan fingerprint density at radius 2 is 1.88 bits per heavy atom. The van der Waals surface area contributed by atoms with Gasteiger partial charge in [0, 0.05) is 17.8 Å². The van der Waals surface area contributed by atoms with Crippen LogP contribution in [0.5, 0.6) is 11.6 Å². The van der Waals surface area contributed by atoms with Crippen molar-refractivity contribution in [3.8, 4) is 11.6 Å². The van der Waals surface area contributed by atoms with E-state index in [1.807, 2.05) is 42.5 Å². The molecular formula is C21H25NO3. The van der Waals surface area contributed by atoms with Crippen LogP contribution in [0.3, 0.4) is 0 Å². The maximum atomic E-state index is 12.0. The van der Waals surface area contributed by atoms with Crippen LogP contribution in [-0.4, -0.2) is 17.6 Å². The van der Waals surface area contributed by atoms with E-state index in [1.54, 1.807) is 19.2 Å². The number of para-hydroxylation sites is 1. The van der Waals surface area contributed by atoms with Crippen molar-refractivity contribution in [2.45, 2.75) is 39.5 Å². The number of pyridine rings is 1. The summed E-state index contributed by atoms with van der Waals surface area (Å²) in [5, 5.41) is 0. The third-order valence-electron chi connectivity index (χ3n) is 3.70. The number of nitrogens with zero attached hydrogens (tertiary/aromatic N) is 1. The molecule has 132 valence electrons. The molecule has 1 heterocycles. The summed E-state index contributed by atoms with van der Waals surface area (Å²) in [5.41, 5.74) is 1.72. The van der Waals surface area contributed by atoms with Crippen molar-refractivity contribution in [3.05, 3.63) is 60.3 Å². The predicted octanol–water partition coefficient (Wildman–Crippen LogP) is 5.40. The third-order valence-corrected chi connectivity index (χ3v) is 3.70. The van der Waals surface area contributed by atoms with E-state index in [0.717, 1.165) is 36.8 Å². The second-order valence-corrected chi connectivity index (χ2v) is 5.65. The zero-order valence-electron chi connectivity index (χ0n) is 14.9. The van der Waals surface area contributed by atoms with E-state index >= 15 is 0 Å². The van der Waals surface area contributed by atoms with Crippen LogP contribution in [0.1, 0.15) is 45.1 Å². The predicted molar refractivity (Wildman–Crippen MR) is 99.5 cm³/mol. The van der Waals surface area contributed by atoms with Gasteiger partial charge in [-0.3, -0.25) is 0 Å². The van der Waals surface area contributed by atoms with Crippen LogP contribution in [0.25, 0.3) is 5.57 Å². The molecule has 4 heteroatoms. The molecule has 0 aliphatic rings. The molecular weight excluding hydrogens is 314 g/mol. The first-order chi connectivity index (χ1) is 12.2. The maximum absolute atomic E-state index is 12.0. The molecule has 0 saturated carbocycles. The average Bonchev–Trinajstić information content (AvgIpc) is 2.63. The highest BCUT2D eigenvalue weighted by Gasteiger charge is 2.13. The first-order valence-corrected chi connectivity index (χ1v) is 8.80. The van der Waals surface area contributed by atoms with Crippen LogP contribution in [-0.2, 0) is 9.53 Å². The first kappa shape index (κ1) is 18.7. The Morgan fingerprint density at radius 1 is 1.08 bits per heavy atom. The van der Waals surface area contributed by atoms with Crippen molar-refractivity contribution in [1.29, 1.82) is 0 Å². The number of unbranched alkanes of at least 4 members (excludes halogenated alkanes) is 2. The van der Waals surface area contributed by atoms with Crippen LogP contribution in [0.4, 0.5) is 0 Å². The van der Waals surface area contributed by atoms with E-state index in [-0.39, 0.29) is 5.97 Å². The number of aromatic nitrogens is 1. The molecule has 0 spiro atoms. The van der Waals surface area contributed by atoms with E-state index in [2.05, 4.69) is 11.9 Å². The highest BCUT2D eigenvalue weighted by molar-refractivity contribution is 5.92. The van der Waals surface area contributed by atoms with Gasteiger partial charge < -0.3 is 9.47 Å². The summed E-state index contributed by atoms with van der Waals surface area (Å²) in [6, 6.07) is 13.3. The minimum Gasteiger partial charge on any atom is -0.463 e. The van der Waals surface area contributed by atoms with Crippen molar-refractivity contribution in [3.63, 3.8) is 0 Å². The normalized spacial score (nSPS) is 11.2. The number of ether oxygens (including phenoxy) is 2. The Morgan fingerprint density at radius 3 is 2.60 bits per heavy atom. The van der Waals surface area contributed by atoms with Gasteiger partial charge in [-0.2, -0.15) is 0 Å². The zero-order chi connectivity index (χ0) is 17.9. The molecule has 0 fully saturated rings. The Labute approximate surface area is 149 Å². The van der Waals surface area contributed by atoms with Crippen LogP contribution in [0, 0.1) is 0 Å². The van der Waals surface area contributed by atoms with E-state index in [1.165, 1.54) is 0 Å². The first-order valence-electron chi connectivity index (χ1n) is 8.80. The monoisotopic (exact) mass is 339 g/mol. The summed E-state index contributed by atoms with van der Waals surface area (Å²) < 4.78 is 11.0. The summed E-state index contributed by atoms with van der Waals surface area (Å²) in [6.45, 7) is 4.32. The number of hydrogen-bond donors (Lipinski definition) is 0. The summed E-state index contributed by atoms with van der Waals surface area (Å²) in [7, 11) is 0. The molecule has 2 rings (SSSR count). The van der Waals surface area contributed by atoms with Gasteiger partial charge in [0.25, 0.3) is 0 Å². The molecule has 1 aromatic heterocycles. The number of rotatable bonds is 9. The summed E-state index contributed by atoms with van der Waals surface area (Å²) in [5.74, 6) is 0.885. The quantitative estimate of drug-likeness (QED) is 0.348. The molecule has 0 N–H and O–H groups in total. The van der Waals surface area contributed by atoms with Crippen LogP contribution in [0.15, 0.2) is 54.7 Å². The Balaban J connectivity index is 2.30. The van der Waals surface area contributed by atoms with E-state index < -0.39 is 0 Å². The molecule has 0 unspecified atom stereocenters. The standard InChI is InChI=1S/C21H25NO3/c1-3-5-7-11-17(16-20(23)24-4-2)19-14-10-15-22-21(19)25-18-12-8-6-9-13-18/h6,8-10,12-16H,3-5,7,11H2,1-2H3.